The Morgan fingerprint density at radius 1 is 1.33 bits per heavy atom. The van der Waals surface area contributed by atoms with E-state index in [1.165, 1.54) is 5.56 Å². The highest BCUT2D eigenvalue weighted by Crippen LogP contribution is 2.06. The quantitative estimate of drug-likeness (QED) is 0.563. The van der Waals surface area contributed by atoms with E-state index in [1.807, 2.05) is 31.2 Å². The van der Waals surface area contributed by atoms with Crippen LogP contribution in [0.4, 0.5) is 5.69 Å². The third-order valence-electron chi connectivity index (χ3n) is 1.18. The van der Waals surface area contributed by atoms with Crippen LogP contribution in [0.25, 0.3) is 0 Å². The molecule has 1 aromatic carbocycles. The average Bonchev–Trinajstić information content (AvgIpc) is 1.90. The molecule has 0 fully saturated rings. The number of nitrogens with one attached hydrogen (secondary N) is 1. The first-order valence-electron chi connectivity index (χ1n) is 2.79. The van der Waals surface area contributed by atoms with E-state index in [2.05, 4.69) is 5.48 Å². The van der Waals surface area contributed by atoms with Gasteiger partial charge in [-0.1, -0.05) is 17.7 Å². The molecule has 0 saturated carbocycles. The normalized spacial score (nSPS) is 9.11. The maximum absolute atomic E-state index is 8.38. The number of rotatable bonds is 1. The summed E-state index contributed by atoms with van der Waals surface area (Å²) in [5.74, 6) is 0. The Morgan fingerprint density at radius 2 is 1.89 bits per heavy atom. The molecule has 0 bridgehead atoms. The summed E-state index contributed by atoms with van der Waals surface area (Å²) in [6.07, 6.45) is 0. The molecule has 2 N–H and O–H groups in total. The fourth-order valence-corrected chi connectivity index (χ4v) is 0.628. The van der Waals surface area contributed by atoms with Crippen molar-refractivity contribution >= 4 is 5.69 Å². The molecule has 2 heteroatoms. The largest absolute Gasteiger partial charge is 0.291 e. The smallest absolute Gasteiger partial charge is 0.0602 e. The van der Waals surface area contributed by atoms with Crippen LogP contribution >= 0.6 is 0 Å². The molecule has 0 atom stereocenters. The van der Waals surface area contributed by atoms with Crippen molar-refractivity contribution in [3.05, 3.63) is 29.8 Å². The van der Waals surface area contributed by atoms with Crippen LogP contribution in [0.3, 0.4) is 0 Å². The first-order valence-corrected chi connectivity index (χ1v) is 2.79. The van der Waals surface area contributed by atoms with Gasteiger partial charge < -0.3 is 0 Å². The molecule has 50 valence electrons. The third kappa shape index (κ3) is 1.44. The minimum atomic E-state index is 0. The molecule has 0 saturated heterocycles. The molecule has 2 nitrogen and oxygen atoms in total. The molecule has 0 radical (unpaired) electrons. The van der Waals surface area contributed by atoms with Crippen molar-refractivity contribution in [3.63, 3.8) is 0 Å². The lowest BCUT2D eigenvalue weighted by Crippen LogP contribution is -1.87. The summed E-state index contributed by atoms with van der Waals surface area (Å²) in [6, 6.07) is 7.49. The zero-order valence-electron chi connectivity index (χ0n) is 5.26. The van der Waals surface area contributed by atoms with Gasteiger partial charge >= 0.3 is 0 Å². The Hall–Kier alpha value is -1.02. The highest BCUT2D eigenvalue weighted by molar-refractivity contribution is 5.41. The molecule has 0 aliphatic rings. The van der Waals surface area contributed by atoms with E-state index in [0.29, 0.717) is 0 Å². The van der Waals surface area contributed by atoms with Crippen LogP contribution in [0.15, 0.2) is 24.3 Å². The standard InChI is InChI=1S/C7H9NO.H2/c1-6-2-4-7(8-9)5-3-6;/h2-5,8-9H,1H3;1H. The lowest BCUT2D eigenvalue weighted by Gasteiger charge is -1.96. The summed E-state index contributed by atoms with van der Waals surface area (Å²) < 4.78 is 0. The maximum Gasteiger partial charge on any atom is 0.0602 e. The first-order chi connectivity index (χ1) is 4.33. The average molecular weight is 125 g/mol. The van der Waals surface area contributed by atoms with E-state index in [-0.39, 0.29) is 1.43 Å². The number of benzene rings is 1. The zero-order valence-corrected chi connectivity index (χ0v) is 5.26. The number of hydrogen-bond acceptors (Lipinski definition) is 2. The van der Waals surface area contributed by atoms with Crippen LogP contribution in [0.5, 0.6) is 0 Å². The fourth-order valence-electron chi connectivity index (χ4n) is 0.628. The van der Waals surface area contributed by atoms with E-state index in [4.69, 9.17) is 5.21 Å². The van der Waals surface area contributed by atoms with Crippen molar-refractivity contribution in [1.29, 1.82) is 0 Å². The van der Waals surface area contributed by atoms with Crippen LogP contribution in [-0.2, 0) is 0 Å². The van der Waals surface area contributed by atoms with Gasteiger partial charge in [-0.15, -0.1) is 0 Å². The first kappa shape index (κ1) is 6.11. The maximum atomic E-state index is 8.38. The van der Waals surface area contributed by atoms with Gasteiger partial charge in [0.25, 0.3) is 0 Å². The number of anilines is 1. The van der Waals surface area contributed by atoms with E-state index in [9.17, 15) is 0 Å². The van der Waals surface area contributed by atoms with Gasteiger partial charge in [0, 0.05) is 1.43 Å². The summed E-state index contributed by atoms with van der Waals surface area (Å²) in [5.41, 5.74) is 3.97. The Kier molecular flexibility index (Phi) is 1.70. The van der Waals surface area contributed by atoms with E-state index < -0.39 is 0 Å². The van der Waals surface area contributed by atoms with Gasteiger partial charge in [0.1, 0.15) is 0 Å². The second-order valence-electron chi connectivity index (χ2n) is 1.98. The number of hydrogen-bond donors (Lipinski definition) is 2. The summed E-state index contributed by atoms with van der Waals surface area (Å²) in [5, 5.41) is 8.38. The van der Waals surface area contributed by atoms with Crippen molar-refractivity contribution in [1.82, 2.24) is 0 Å². The summed E-state index contributed by atoms with van der Waals surface area (Å²) in [6.45, 7) is 2.00. The zero-order chi connectivity index (χ0) is 6.69. The Balaban J connectivity index is 0.000000810. The molecule has 0 heterocycles. The molecule has 0 aliphatic heterocycles. The Labute approximate surface area is 55.6 Å². The molecular weight excluding hydrogens is 114 g/mol. The summed E-state index contributed by atoms with van der Waals surface area (Å²) in [7, 11) is 0. The van der Waals surface area contributed by atoms with Gasteiger partial charge in [-0.05, 0) is 19.1 Å². The monoisotopic (exact) mass is 125 g/mol. The molecule has 0 amide bonds. The van der Waals surface area contributed by atoms with Gasteiger partial charge in [-0.25, -0.2) is 0 Å². The molecule has 0 aromatic heterocycles. The topological polar surface area (TPSA) is 32.3 Å². The molecule has 9 heavy (non-hydrogen) atoms. The summed E-state index contributed by atoms with van der Waals surface area (Å²) in [4.78, 5) is 0. The molecule has 0 spiro atoms. The molecule has 1 rings (SSSR count). The van der Waals surface area contributed by atoms with Gasteiger partial charge in [0.2, 0.25) is 0 Å². The minimum absolute atomic E-state index is 0. The van der Waals surface area contributed by atoms with E-state index in [0.717, 1.165) is 5.69 Å². The lowest BCUT2D eigenvalue weighted by atomic mass is 10.2. The number of aryl methyl sites for hydroxylation is 1. The third-order valence-corrected chi connectivity index (χ3v) is 1.18. The van der Waals surface area contributed by atoms with E-state index in [1.54, 1.807) is 0 Å². The second-order valence-corrected chi connectivity index (χ2v) is 1.98. The highest BCUT2D eigenvalue weighted by Gasteiger charge is 1.84. The molecular formula is C7H11NO. The van der Waals surface area contributed by atoms with Crippen LogP contribution in [0.2, 0.25) is 0 Å². The van der Waals surface area contributed by atoms with Crippen LogP contribution < -0.4 is 5.48 Å². The Morgan fingerprint density at radius 3 is 2.33 bits per heavy atom. The minimum Gasteiger partial charge on any atom is -0.291 e. The van der Waals surface area contributed by atoms with Crippen molar-refractivity contribution in [2.24, 2.45) is 0 Å². The van der Waals surface area contributed by atoms with Gasteiger partial charge in [-0.2, -0.15) is 0 Å². The second kappa shape index (κ2) is 2.51. The summed E-state index contributed by atoms with van der Waals surface area (Å²) >= 11 is 0. The highest BCUT2D eigenvalue weighted by atomic mass is 16.5. The van der Waals surface area contributed by atoms with E-state index >= 15 is 0 Å². The van der Waals surface area contributed by atoms with Crippen molar-refractivity contribution < 1.29 is 6.63 Å². The van der Waals surface area contributed by atoms with Crippen molar-refractivity contribution in [2.75, 3.05) is 5.48 Å². The molecule has 1 aromatic rings. The Bertz CT molecular complexity index is 185. The predicted molar refractivity (Wildman–Crippen MR) is 38.7 cm³/mol. The fraction of sp³-hybridized carbons (Fsp3) is 0.143. The van der Waals surface area contributed by atoms with Crippen LogP contribution in [0.1, 0.15) is 6.99 Å². The van der Waals surface area contributed by atoms with Crippen LogP contribution in [0, 0.1) is 6.92 Å². The van der Waals surface area contributed by atoms with Crippen molar-refractivity contribution in [3.8, 4) is 0 Å². The molecule has 0 unspecified atom stereocenters. The van der Waals surface area contributed by atoms with Crippen molar-refractivity contribution in [2.45, 2.75) is 6.92 Å². The van der Waals surface area contributed by atoms with Crippen LogP contribution in [-0.4, -0.2) is 5.21 Å². The molecule has 0 aliphatic carbocycles. The SMILES string of the molecule is Cc1ccc(NO)cc1.[HH]. The van der Waals surface area contributed by atoms with Gasteiger partial charge in [0.05, 0.1) is 5.69 Å². The van der Waals surface area contributed by atoms with Gasteiger partial charge in [-0.3, -0.25) is 10.7 Å². The lowest BCUT2D eigenvalue weighted by molar-refractivity contribution is 0.389. The van der Waals surface area contributed by atoms with Gasteiger partial charge in [0.15, 0.2) is 0 Å². The predicted octanol–water partition coefficient (Wildman–Crippen LogP) is 2.04.